The molecule has 1 atom stereocenters. The number of hydrogen-bond acceptors (Lipinski definition) is 5. The average molecular weight is 202 g/mol. The van der Waals surface area contributed by atoms with Crippen molar-refractivity contribution < 1.29 is 65.4 Å². The summed E-state index contributed by atoms with van der Waals surface area (Å²) in [6.45, 7) is -0.969. The normalized spacial score (nSPS) is 10.8. The molecule has 70 valence electrons. The summed E-state index contributed by atoms with van der Waals surface area (Å²) in [5, 5.41) is 24.4. The molecule has 0 rings (SSSR count). The molecule has 1 unspecified atom stereocenters. The Hall–Kier alpha value is -0.630. The number of ether oxygens (including phenoxy) is 1. The van der Waals surface area contributed by atoms with Gasteiger partial charge in [0.15, 0.2) is 6.61 Å². The second kappa shape index (κ2) is 6.84. The smallest absolute Gasteiger partial charge is 1.00 e. The first-order valence-electron chi connectivity index (χ1n) is 2.74. The molecule has 0 aromatic rings. The van der Waals surface area contributed by atoms with Gasteiger partial charge in [-0.3, -0.25) is 0 Å². The number of aliphatic hydroxyl groups excluding tert-OH is 1. The Bertz CT molecular complexity index is 218. The quantitative estimate of drug-likeness (QED) is 0.237. The third-order valence-corrected chi connectivity index (χ3v) is 0.795. The minimum atomic E-state index is -2.33. The van der Waals surface area contributed by atoms with Crippen LogP contribution in [-0.4, -0.2) is 45.9 Å². The second-order valence-corrected chi connectivity index (χ2v) is 1.74. The largest absolute Gasteiger partial charge is 1.00 e. The predicted molar refractivity (Wildman–Crippen MR) is 33.3 cm³/mol. The van der Waals surface area contributed by atoms with Gasteiger partial charge in [0.25, 0.3) is 0 Å². The number of carboxylic acids is 2. The zero-order valence-corrected chi connectivity index (χ0v) is 8.76. The first-order valence-corrected chi connectivity index (χ1v) is 2.74. The van der Waals surface area contributed by atoms with Crippen molar-refractivity contribution in [2.75, 3.05) is 6.61 Å². The molecular formula is C5H7NaO7. The van der Waals surface area contributed by atoms with Gasteiger partial charge < -0.3 is 21.5 Å². The van der Waals surface area contributed by atoms with Gasteiger partial charge in [-0.15, -0.1) is 0 Å². The van der Waals surface area contributed by atoms with Gasteiger partial charge in [-0.25, -0.2) is 14.4 Å². The van der Waals surface area contributed by atoms with Crippen LogP contribution in [0.25, 0.3) is 0 Å². The molecule has 0 spiro atoms. The molecule has 0 aromatic carbocycles. The van der Waals surface area contributed by atoms with Crippen molar-refractivity contribution in [1.82, 2.24) is 0 Å². The van der Waals surface area contributed by atoms with Gasteiger partial charge in [-0.05, 0) is 0 Å². The number of esters is 1. The molecular weight excluding hydrogens is 195 g/mol. The fourth-order valence-electron chi connectivity index (χ4n) is 0.313. The average Bonchev–Trinajstić information content (AvgIpc) is 1.98. The van der Waals surface area contributed by atoms with Crippen LogP contribution in [0.4, 0.5) is 0 Å². The standard InChI is InChI=1S/C5H6O7.Na.H/c6-2(7)1-12-5(11)3(8)4(9)10;;/h3,8H,1H2,(H,6,7)(H,9,10);;/q;+1;-1. The molecule has 0 saturated carbocycles. The van der Waals surface area contributed by atoms with Gasteiger partial charge in [0.05, 0.1) is 0 Å². The number of aliphatic carboxylic acids is 2. The third kappa shape index (κ3) is 6.52. The first-order chi connectivity index (χ1) is 5.45. The molecule has 0 aromatic heterocycles. The monoisotopic (exact) mass is 202 g/mol. The van der Waals surface area contributed by atoms with E-state index in [2.05, 4.69) is 4.74 Å². The first kappa shape index (κ1) is 14.9. The molecule has 0 saturated heterocycles. The van der Waals surface area contributed by atoms with E-state index in [0.717, 1.165) is 0 Å². The van der Waals surface area contributed by atoms with Crippen LogP contribution in [0.2, 0.25) is 0 Å². The molecule has 0 aliphatic heterocycles. The molecule has 0 amide bonds. The number of carbonyl (C=O) groups excluding carboxylic acids is 1. The third-order valence-electron chi connectivity index (χ3n) is 0.795. The minimum absolute atomic E-state index is 0. The molecule has 0 fully saturated rings. The minimum Gasteiger partial charge on any atom is -1.00 e. The fraction of sp³-hybridized carbons (Fsp3) is 0.400. The van der Waals surface area contributed by atoms with Crippen LogP contribution in [0, 0.1) is 0 Å². The summed E-state index contributed by atoms with van der Waals surface area (Å²) in [5.41, 5.74) is 0. The summed E-state index contributed by atoms with van der Waals surface area (Å²) in [7, 11) is 0. The van der Waals surface area contributed by atoms with Gasteiger partial charge in [-0.1, -0.05) is 0 Å². The summed E-state index contributed by atoms with van der Waals surface area (Å²) in [5.74, 6) is -4.71. The Labute approximate surface area is 96.1 Å². The van der Waals surface area contributed by atoms with Crippen LogP contribution in [-0.2, 0) is 19.1 Å². The van der Waals surface area contributed by atoms with Gasteiger partial charge in [0.2, 0.25) is 6.10 Å². The van der Waals surface area contributed by atoms with Crippen LogP contribution < -0.4 is 29.6 Å². The molecule has 8 heteroatoms. The molecule has 0 aliphatic rings. The SMILES string of the molecule is O=C(O)COC(=O)C(O)C(=O)O.[H-].[Na+]. The molecule has 0 heterocycles. The Morgan fingerprint density at radius 1 is 1.31 bits per heavy atom. The van der Waals surface area contributed by atoms with Crippen LogP contribution in [0.5, 0.6) is 0 Å². The Morgan fingerprint density at radius 3 is 2.08 bits per heavy atom. The van der Waals surface area contributed by atoms with Crippen LogP contribution in [0.1, 0.15) is 1.43 Å². The Morgan fingerprint density at radius 2 is 1.77 bits per heavy atom. The van der Waals surface area contributed by atoms with Crippen molar-refractivity contribution >= 4 is 17.9 Å². The summed E-state index contributed by atoms with van der Waals surface area (Å²) in [6.07, 6.45) is -2.33. The van der Waals surface area contributed by atoms with E-state index >= 15 is 0 Å². The number of carbonyl (C=O) groups is 3. The van der Waals surface area contributed by atoms with Crippen LogP contribution in [0.3, 0.4) is 0 Å². The van der Waals surface area contributed by atoms with Crippen molar-refractivity contribution in [2.24, 2.45) is 0 Å². The maximum Gasteiger partial charge on any atom is 1.00 e. The molecule has 0 radical (unpaired) electrons. The van der Waals surface area contributed by atoms with Crippen LogP contribution in [0.15, 0.2) is 0 Å². The zero-order chi connectivity index (χ0) is 9.72. The van der Waals surface area contributed by atoms with Gasteiger partial charge in [0, 0.05) is 0 Å². The second-order valence-electron chi connectivity index (χ2n) is 1.74. The van der Waals surface area contributed by atoms with Crippen molar-refractivity contribution in [3.8, 4) is 0 Å². The summed E-state index contributed by atoms with van der Waals surface area (Å²) < 4.78 is 3.86. The van der Waals surface area contributed by atoms with Gasteiger partial charge in [0.1, 0.15) is 0 Å². The topological polar surface area (TPSA) is 121 Å². The molecule has 13 heavy (non-hydrogen) atoms. The van der Waals surface area contributed by atoms with Crippen molar-refractivity contribution in [3.63, 3.8) is 0 Å². The number of carboxylic acid groups (broad SMARTS) is 2. The Balaban J connectivity index is -0.000000605. The van der Waals surface area contributed by atoms with E-state index in [1.165, 1.54) is 0 Å². The van der Waals surface area contributed by atoms with Crippen molar-refractivity contribution in [1.29, 1.82) is 0 Å². The fourth-order valence-corrected chi connectivity index (χ4v) is 0.313. The molecule has 0 bridgehead atoms. The number of rotatable bonds is 4. The summed E-state index contributed by atoms with van der Waals surface area (Å²) >= 11 is 0. The van der Waals surface area contributed by atoms with E-state index in [9.17, 15) is 14.4 Å². The van der Waals surface area contributed by atoms with E-state index in [1.54, 1.807) is 0 Å². The summed E-state index contributed by atoms with van der Waals surface area (Å²) in [6, 6.07) is 0. The van der Waals surface area contributed by atoms with E-state index < -0.39 is 30.6 Å². The number of hydrogen-bond donors (Lipinski definition) is 3. The van der Waals surface area contributed by atoms with E-state index in [1.807, 2.05) is 0 Å². The van der Waals surface area contributed by atoms with E-state index in [4.69, 9.17) is 15.3 Å². The maximum absolute atomic E-state index is 10.4. The summed E-state index contributed by atoms with van der Waals surface area (Å²) in [4.78, 5) is 30.0. The van der Waals surface area contributed by atoms with Crippen molar-refractivity contribution in [3.05, 3.63) is 0 Å². The van der Waals surface area contributed by atoms with Gasteiger partial charge >= 0.3 is 47.5 Å². The van der Waals surface area contributed by atoms with Crippen molar-refractivity contribution in [2.45, 2.75) is 6.10 Å². The zero-order valence-electron chi connectivity index (χ0n) is 7.76. The van der Waals surface area contributed by atoms with E-state index in [0.29, 0.717) is 0 Å². The number of aliphatic hydroxyl groups is 1. The maximum atomic E-state index is 10.4. The molecule has 3 N–H and O–H groups in total. The molecule has 7 nitrogen and oxygen atoms in total. The van der Waals surface area contributed by atoms with E-state index in [-0.39, 0.29) is 31.0 Å². The van der Waals surface area contributed by atoms with Crippen LogP contribution >= 0.6 is 0 Å². The Kier molecular flexibility index (Phi) is 7.82. The molecule has 0 aliphatic carbocycles. The predicted octanol–water partition coefficient (Wildman–Crippen LogP) is -4.82. The van der Waals surface area contributed by atoms with Gasteiger partial charge in [-0.2, -0.15) is 0 Å².